The van der Waals surface area contributed by atoms with Crippen LogP contribution in [0.3, 0.4) is 0 Å². The fraction of sp³-hybridized carbons (Fsp3) is 0.188. The van der Waals surface area contributed by atoms with Crippen LogP contribution in [-0.4, -0.2) is 34.4 Å². The van der Waals surface area contributed by atoms with Gasteiger partial charge in [-0.05, 0) is 24.3 Å². The molecule has 1 aromatic carbocycles. The Morgan fingerprint density at radius 3 is 2.91 bits per heavy atom. The van der Waals surface area contributed by atoms with Crippen LogP contribution in [0.2, 0.25) is 0 Å². The van der Waals surface area contributed by atoms with Gasteiger partial charge in [-0.15, -0.1) is 0 Å². The van der Waals surface area contributed by atoms with Crippen molar-refractivity contribution in [1.82, 2.24) is 14.9 Å². The lowest BCUT2D eigenvalue weighted by molar-refractivity contribution is -0.132. The van der Waals surface area contributed by atoms with Crippen LogP contribution in [0.5, 0.6) is 5.88 Å². The largest absolute Gasteiger partial charge is 0.467 e. The molecule has 22 heavy (non-hydrogen) atoms. The third kappa shape index (κ3) is 3.06. The van der Waals surface area contributed by atoms with Gasteiger partial charge in [-0.2, -0.15) is 0 Å². The summed E-state index contributed by atoms with van der Waals surface area (Å²) in [7, 11) is 1.70. The third-order valence-corrected chi connectivity index (χ3v) is 3.24. The van der Waals surface area contributed by atoms with Crippen LogP contribution >= 0.6 is 0 Å². The smallest absolute Gasteiger partial charge is 0.260 e. The van der Waals surface area contributed by atoms with Gasteiger partial charge < -0.3 is 14.1 Å². The molecule has 0 radical (unpaired) electrons. The molecule has 0 atom stereocenters. The molecule has 2 heterocycles. The van der Waals surface area contributed by atoms with E-state index in [4.69, 9.17) is 9.15 Å². The Hall–Kier alpha value is -2.89. The van der Waals surface area contributed by atoms with Gasteiger partial charge in [-0.3, -0.25) is 4.79 Å². The number of likely N-dealkylation sites (N-methyl/N-ethyl adjacent to an activating group) is 1. The number of amides is 1. The molecule has 6 nitrogen and oxygen atoms in total. The van der Waals surface area contributed by atoms with Gasteiger partial charge in [0, 0.05) is 7.05 Å². The van der Waals surface area contributed by atoms with Gasteiger partial charge in [-0.25, -0.2) is 9.97 Å². The lowest BCUT2D eigenvalue weighted by Crippen LogP contribution is -2.30. The number of nitrogens with zero attached hydrogens (tertiary/aromatic N) is 3. The summed E-state index contributed by atoms with van der Waals surface area (Å²) < 4.78 is 10.8. The molecule has 0 N–H and O–H groups in total. The Morgan fingerprint density at radius 1 is 1.23 bits per heavy atom. The Morgan fingerprint density at radius 2 is 2.09 bits per heavy atom. The van der Waals surface area contributed by atoms with Gasteiger partial charge in [0.25, 0.3) is 5.91 Å². The molecule has 3 aromatic rings. The van der Waals surface area contributed by atoms with E-state index in [-0.39, 0.29) is 12.5 Å². The molecule has 0 bridgehead atoms. The Bertz CT molecular complexity index is 766. The van der Waals surface area contributed by atoms with Crippen LogP contribution in [0.15, 0.2) is 53.4 Å². The number of hydrogen-bond acceptors (Lipinski definition) is 5. The van der Waals surface area contributed by atoms with E-state index in [9.17, 15) is 4.79 Å². The highest BCUT2D eigenvalue weighted by Gasteiger charge is 2.13. The first-order chi connectivity index (χ1) is 10.7. The maximum absolute atomic E-state index is 12.1. The second kappa shape index (κ2) is 6.26. The summed E-state index contributed by atoms with van der Waals surface area (Å²) in [6.07, 6.45) is 3.01. The highest BCUT2D eigenvalue weighted by Crippen LogP contribution is 2.20. The standard InChI is InChI=1S/C16H15N3O3/c1-19(9-12-5-4-8-21-12)15(20)10-22-16-13-6-2-3-7-14(13)17-11-18-16/h2-8,11H,9-10H2,1H3. The van der Waals surface area contributed by atoms with Crippen molar-refractivity contribution >= 4 is 16.8 Å². The summed E-state index contributed by atoms with van der Waals surface area (Å²) in [4.78, 5) is 21.9. The van der Waals surface area contributed by atoms with Crippen molar-refractivity contribution in [2.45, 2.75) is 6.54 Å². The van der Waals surface area contributed by atoms with Crippen LogP contribution in [0, 0.1) is 0 Å². The minimum atomic E-state index is -0.154. The number of carbonyl (C=O) groups is 1. The first-order valence-corrected chi connectivity index (χ1v) is 6.83. The molecule has 0 saturated heterocycles. The van der Waals surface area contributed by atoms with Gasteiger partial charge in [-0.1, -0.05) is 12.1 Å². The number of rotatable bonds is 5. The number of para-hydroxylation sites is 1. The predicted octanol–water partition coefficient (Wildman–Crippen LogP) is 2.26. The van der Waals surface area contributed by atoms with Crippen molar-refractivity contribution in [3.8, 4) is 5.88 Å². The van der Waals surface area contributed by atoms with E-state index >= 15 is 0 Å². The average Bonchev–Trinajstić information content (AvgIpc) is 3.05. The highest BCUT2D eigenvalue weighted by molar-refractivity contribution is 5.83. The quantitative estimate of drug-likeness (QED) is 0.722. The van der Waals surface area contributed by atoms with Crippen molar-refractivity contribution in [2.24, 2.45) is 0 Å². The van der Waals surface area contributed by atoms with Crippen molar-refractivity contribution in [2.75, 3.05) is 13.7 Å². The minimum absolute atomic E-state index is 0.0851. The normalized spacial score (nSPS) is 10.6. The highest BCUT2D eigenvalue weighted by atomic mass is 16.5. The molecule has 0 fully saturated rings. The van der Waals surface area contributed by atoms with E-state index in [1.807, 2.05) is 30.3 Å². The molecule has 0 aliphatic carbocycles. The molecule has 0 aliphatic heterocycles. The number of furan rings is 1. The van der Waals surface area contributed by atoms with E-state index in [0.717, 1.165) is 16.7 Å². The molecule has 2 aromatic heterocycles. The van der Waals surface area contributed by atoms with Crippen LogP contribution in [0.1, 0.15) is 5.76 Å². The van der Waals surface area contributed by atoms with Gasteiger partial charge in [0.2, 0.25) is 5.88 Å². The first-order valence-electron chi connectivity index (χ1n) is 6.83. The predicted molar refractivity (Wildman–Crippen MR) is 80.2 cm³/mol. The Kier molecular flexibility index (Phi) is 4.00. The molecule has 1 amide bonds. The number of fused-ring (bicyclic) bond motifs is 1. The van der Waals surface area contributed by atoms with Crippen molar-refractivity contribution in [3.05, 3.63) is 54.7 Å². The van der Waals surface area contributed by atoms with Crippen LogP contribution in [0.4, 0.5) is 0 Å². The topological polar surface area (TPSA) is 68.5 Å². The molecular formula is C16H15N3O3. The zero-order valence-electron chi connectivity index (χ0n) is 12.1. The van der Waals surface area contributed by atoms with Gasteiger partial charge in [0.1, 0.15) is 12.1 Å². The zero-order valence-corrected chi connectivity index (χ0v) is 12.1. The summed E-state index contributed by atoms with van der Waals surface area (Å²) in [5, 5.41) is 0.784. The Labute approximate surface area is 127 Å². The second-order valence-corrected chi connectivity index (χ2v) is 4.81. The summed E-state index contributed by atoms with van der Waals surface area (Å²) >= 11 is 0. The minimum Gasteiger partial charge on any atom is -0.467 e. The summed E-state index contributed by atoms with van der Waals surface area (Å²) in [6.45, 7) is 0.317. The van der Waals surface area contributed by atoms with Gasteiger partial charge in [0.05, 0.1) is 23.7 Å². The van der Waals surface area contributed by atoms with Gasteiger partial charge in [0.15, 0.2) is 6.61 Å². The average molecular weight is 297 g/mol. The summed E-state index contributed by atoms with van der Waals surface area (Å²) in [5.41, 5.74) is 0.781. The van der Waals surface area contributed by atoms with Crippen molar-refractivity contribution in [3.63, 3.8) is 0 Å². The van der Waals surface area contributed by atoms with E-state index in [1.54, 1.807) is 24.3 Å². The summed E-state index contributed by atoms with van der Waals surface area (Å²) in [5.74, 6) is 0.979. The van der Waals surface area contributed by atoms with Crippen LogP contribution in [0.25, 0.3) is 10.9 Å². The van der Waals surface area contributed by atoms with E-state index in [0.29, 0.717) is 12.4 Å². The molecule has 0 spiro atoms. The molecular weight excluding hydrogens is 282 g/mol. The number of ether oxygens (including phenoxy) is 1. The first kappa shape index (κ1) is 14.1. The number of hydrogen-bond donors (Lipinski definition) is 0. The fourth-order valence-electron chi connectivity index (χ4n) is 2.06. The zero-order chi connectivity index (χ0) is 15.4. The van der Waals surface area contributed by atoms with E-state index in [2.05, 4.69) is 9.97 Å². The molecule has 3 rings (SSSR count). The summed E-state index contributed by atoms with van der Waals surface area (Å²) in [6, 6.07) is 11.1. The van der Waals surface area contributed by atoms with Crippen molar-refractivity contribution < 1.29 is 13.9 Å². The van der Waals surface area contributed by atoms with Crippen LogP contribution < -0.4 is 4.74 Å². The maximum Gasteiger partial charge on any atom is 0.260 e. The lowest BCUT2D eigenvalue weighted by Gasteiger charge is -2.16. The molecule has 0 saturated carbocycles. The Balaban J connectivity index is 1.65. The maximum atomic E-state index is 12.1. The molecule has 6 heteroatoms. The second-order valence-electron chi connectivity index (χ2n) is 4.81. The van der Waals surface area contributed by atoms with E-state index < -0.39 is 0 Å². The molecule has 0 unspecified atom stereocenters. The van der Waals surface area contributed by atoms with Crippen LogP contribution in [-0.2, 0) is 11.3 Å². The van der Waals surface area contributed by atoms with Gasteiger partial charge >= 0.3 is 0 Å². The monoisotopic (exact) mass is 297 g/mol. The van der Waals surface area contributed by atoms with E-state index in [1.165, 1.54) is 6.33 Å². The number of carbonyl (C=O) groups excluding carboxylic acids is 1. The fourth-order valence-corrected chi connectivity index (χ4v) is 2.06. The molecule has 112 valence electrons. The lowest BCUT2D eigenvalue weighted by atomic mass is 10.2. The van der Waals surface area contributed by atoms with Crippen molar-refractivity contribution in [1.29, 1.82) is 0 Å². The SMILES string of the molecule is CN(Cc1ccco1)C(=O)COc1ncnc2ccccc12. The number of benzene rings is 1. The number of aromatic nitrogens is 2. The molecule has 0 aliphatic rings. The third-order valence-electron chi connectivity index (χ3n) is 3.24.